The molecule has 2 unspecified atom stereocenters. The van der Waals surface area contributed by atoms with Crippen LogP contribution in [-0.2, 0) is 11.2 Å². The minimum atomic E-state index is -0.917. The predicted octanol–water partition coefficient (Wildman–Crippen LogP) is 1.85. The Balaban J connectivity index is 1.75. The Kier molecular flexibility index (Phi) is 4.36. The van der Waals surface area contributed by atoms with Gasteiger partial charge in [-0.25, -0.2) is 0 Å². The van der Waals surface area contributed by atoms with E-state index in [0.29, 0.717) is 11.0 Å². The lowest BCUT2D eigenvalue weighted by atomic mass is 10.1. The van der Waals surface area contributed by atoms with Crippen LogP contribution in [0.15, 0.2) is 29.2 Å². The zero-order valence-corrected chi connectivity index (χ0v) is 11.0. The maximum absolute atomic E-state index is 10.6. The summed E-state index contributed by atoms with van der Waals surface area (Å²) >= 11 is 3.52. The maximum atomic E-state index is 10.6. The van der Waals surface area contributed by atoms with Crippen LogP contribution in [0, 0.1) is 0 Å². The van der Waals surface area contributed by atoms with Gasteiger partial charge in [-0.05, 0) is 18.1 Å². The Labute approximate surface area is 109 Å². The largest absolute Gasteiger partial charge is 0.480 e. The number of fused-ring (bicyclic) bond motifs is 1. The third-order valence-electron chi connectivity index (χ3n) is 2.63. The first-order valence-corrected chi connectivity index (χ1v) is 7.51. The standard InChI is InChI=1S/C12H15NO2S2/c13-10(12(14)15)7-16-6-9-5-8-3-1-2-4-11(8)17-9/h1-4,9-10H,5-7,13H2,(H,14,15). The van der Waals surface area contributed by atoms with Crippen LogP contribution in [0.25, 0.3) is 0 Å². The summed E-state index contributed by atoms with van der Waals surface area (Å²) in [5.74, 6) is 0.531. The van der Waals surface area contributed by atoms with Crippen LogP contribution in [0.3, 0.4) is 0 Å². The Morgan fingerprint density at radius 2 is 2.35 bits per heavy atom. The molecule has 1 aromatic carbocycles. The number of hydrogen-bond donors (Lipinski definition) is 2. The molecule has 0 radical (unpaired) electrons. The smallest absolute Gasteiger partial charge is 0.321 e. The molecule has 0 spiro atoms. The van der Waals surface area contributed by atoms with Crippen LogP contribution >= 0.6 is 23.5 Å². The molecule has 0 bridgehead atoms. The fourth-order valence-corrected chi connectivity index (χ4v) is 4.30. The highest BCUT2D eigenvalue weighted by molar-refractivity contribution is 8.03. The molecule has 92 valence electrons. The second-order valence-corrected chi connectivity index (χ2v) is 6.45. The van der Waals surface area contributed by atoms with Gasteiger partial charge in [0.15, 0.2) is 0 Å². The van der Waals surface area contributed by atoms with E-state index in [1.807, 2.05) is 11.8 Å². The zero-order valence-electron chi connectivity index (χ0n) is 9.33. The number of rotatable bonds is 5. The van der Waals surface area contributed by atoms with Crippen molar-refractivity contribution in [3.05, 3.63) is 29.8 Å². The van der Waals surface area contributed by atoms with Crippen molar-refractivity contribution in [3.8, 4) is 0 Å². The lowest BCUT2D eigenvalue weighted by molar-refractivity contribution is -0.137. The molecule has 0 aromatic heterocycles. The molecule has 5 heteroatoms. The lowest BCUT2D eigenvalue weighted by Crippen LogP contribution is -2.32. The Morgan fingerprint density at radius 3 is 3.06 bits per heavy atom. The van der Waals surface area contributed by atoms with Gasteiger partial charge in [0, 0.05) is 21.7 Å². The lowest BCUT2D eigenvalue weighted by Gasteiger charge is -2.09. The fraction of sp³-hybridized carbons (Fsp3) is 0.417. The molecule has 2 rings (SSSR count). The van der Waals surface area contributed by atoms with Gasteiger partial charge < -0.3 is 10.8 Å². The molecule has 3 N–H and O–H groups in total. The Bertz CT molecular complexity index is 386. The van der Waals surface area contributed by atoms with Crippen LogP contribution in [0.5, 0.6) is 0 Å². The molecule has 3 nitrogen and oxygen atoms in total. The summed E-state index contributed by atoms with van der Waals surface area (Å²) in [5, 5.41) is 9.23. The van der Waals surface area contributed by atoms with E-state index in [4.69, 9.17) is 10.8 Å². The maximum Gasteiger partial charge on any atom is 0.321 e. The first kappa shape index (κ1) is 12.8. The first-order chi connectivity index (χ1) is 8.16. The summed E-state index contributed by atoms with van der Waals surface area (Å²) in [5.41, 5.74) is 6.87. The second-order valence-electron chi connectivity index (χ2n) is 4.03. The van der Waals surface area contributed by atoms with Crippen molar-refractivity contribution >= 4 is 29.5 Å². The number of thioether (sulfide) groups is 2. The van der Waals surface area contributed by atoms with Crippen LogP contribution in [-0.4, -0.2) is 33.9 Å². The number of nitrogens with two attached hydrogens (primary N) is 1. The van der Waals surface area contributed by atoms with Gasteiger partial charge in [-0.1, -0.05) is 18.2 Å². The normalized spacial score (nSPS) is 19.9. The molecule has 2 atom stereocenters. The molecule has 1 aliphatic rings. The van der Waals surface area contributed by atoms with Crippen molar-refractivity contribution in [2.45, 2.75) is 22.6 Å². The number of hydrogen-bond acceptors (Lipinski definition) is 4. The van der Waals surface area contributed by atoms with Gasteiger partial charge in [0.25, 0.3) is 0 Å². The summed E-state index contributed by atoms with van der Waals surface area (Å²) in [7, 11) is 0. The molecular weight excluding hydrogens is 254 g/mol. The molecule has 1 aliphatic heterocycles. The van der Waals surface area contributed by atoms with Crippen molar-refractivity contribution in [1.29, 1.82) is 0 Å². The van der Waals surface area contributed by atoms with Crippen molar-refractivity contribution in [1.82, 2.24) is 0 Å². The summed E-state index contributed by atoms with van der Waals surface area (Å²) in [6, 6.07) is 7.69. The molecule has 0 saturated heterocycles. The molecule has 0 amide bonds. The van der Waals surface area contributed by atoms with Gasteiger partial charge in [-0.15, -0.1) is 11.8 Å². The van der Waals surface area contributed by atoms with E-state index >= 15 is 0 Å². The van der Waals surface area contributed by atoms with E-state index in [1.54, 1.807) is 11.8 Å². The fourth-order valence-electron chi connectivity index (χ4n) is 1.74. The third-order valence-corrected chi connectivity index (χ3v) is 5.39. The second kappa shape index (κ2) is 5.80. The van der Waals surface area contributed by atoms with Crippen molar-refractivity contribution in [3.63, 3.8) is 0 Å². The third kappa shape index (κ3) is 3.40. The number of carbonyl (C=O) groups is 1. The molecule has 0 aliphatic carbocycles. The molecule has 1 aromatic rings. The van der Waals surface area contributed by atoms with E-state index < -0.39 is 12.0 Å². The van der Waals surface area contributed by atoms with Crippen molar-refractivity contribution < 1.29 is 9.90 Å². The Hall–Kier alpha value is -0.650. The summed E-state index contributed by atoms with van der Waals surface area (Å²) in [4.78, 5) is 11.9. The number of carboxylic acids is 1. The van der Waals surface area contributed by atoms with E-state index in [1.165, 1.54) is 10.5 Å². The number of benzene rings is 1. The molecule has 1 heterocycles. The molecule has 0 saturated carbocycles. The average molecular weight is 269 g/mol. The topological polar surface area (TPSA) is 63.3 Å². The highest BCUT2D eigenvalue weighted by Crippen LogP contribution is 2.38. The zero-order chi connectivity index (χ0) is 12.3. The van der Waals surface area contributed by atoms with Gasteiger partial charge in [-0.2, -0.15) is 11.8 Å². The van der Waals surface area contributed by atoms with E-state index in [0.717, 1.165) is 12.2 Å². The van der Waals surface area contributed by atoms with Gasteiger partial charge >= 0.3 is 5.97 Å². The number of aliphatic carboxylic acids is 1. The molecule has 17 heavy (non-hydrogen) atoms. The van der Waals surface area contributed by atoms with Gasteiger partial charge in [-0.3, -0.25) is 4.79 Å². The first-order valence-electron chi connectivity index (χ1n) is 5.47. The van der Waals surface area contributed by atoms with E-state index in [-0.39, 0.29) is 0 Å². The minimum absolute atomic E-state index is 0.489. The highest BCUT2D eigenvalue weighted by atomic mass is 32.2. The minimum Gasteiger partial charge on any atom is -0.480 e. The highest BCUT2D eigenvalue weighted by Gasteiger charge is 2.22. The van der Waals surface area contributed by atoms with Gasteiger partial charge in [0.2, 0.25) is 0 Å². The predicted molar refractivity (Wildman–Crippen MR) is 72.7 cm³/mol. The van der Waals surface area contributed by atoms with Crippen LogP contribution in [0.1, 0.15) is 5.56 Å². The molecular formula is C12H15NO2S2. The van der Waals surface area contributed by atoms with Crippen molar-refractivity contribution in [2.75, 3.05) is 11.5 Å². The van der Waals surface area contributed by atoms with Crippen LogP contribution in [0.4, 0.5) is 0 Å². The summed E-state index contributed by atoms with van der Waals surface area (Å²) in [6.45, 7) is 0. The SMILES string of the molecule is NC(CSCC1Cc2ccccc2S1)C(=O)O. The quantitative estimate of drug-likeness (QED) is 0.854. The van der Waals surface area contributed by atoms with Crippen LogP contribution in [0.2, 0.25) is 0 Å². The average Bonchev–Trinajstić information content (AvgIpc) is 2.71. The van der Waals surface area contributed by atoms with E-state index in [2.05, 4.69) is 24.3 Å². The monoisotopic (exact) mass is 269 g/mol. The number of carboxylic acid groups (broad SMARTS) is 1. The van der Waals surface area contributed by atoms with Crippen LogP contribution < -0.4 is 5.73 Å². The summed E-state index contributed by atoms with van der Waals surface area (Å²) < 4.78 is 0. The van der Waals surface area contributed by atoms with Gasteiger partial charge in [0.1, 0.15) is 6.04 Å². The van der Waals surface area contributed by atoms with E-state index in [9.17, 15) is 4.79 Å². The Morgan fingerprint density at radius 1 is 1.59 bits per heavy atom. The van der Waals surface area contributed by atoms with Crippen molar-refractivity contribution in [2.24, 2.45) is 5.73 Å². The summed E-state index contributed by atoms with van der Waals surface area (Å²) in [6.07, 6.45) is 1.08. The molecule has 0 fully saturated rings. The van der Waals surface area contributed by atoms with Gasteiger partial charge in [0.05, 0.1) is 0 Å².